The molecule has 188 valence electrons. The molecule has 0 spiro atoms. The van der Waals surface area contributed by atoms with Gasteiger partial charge in [0.2, 0.25) is 5.89 Å². The molecule has 2 heterocycles. The molecule has 0 bridgehead atoms. The van der Waals surface area contributed by atoms with E-state index in [9.17, 15) is 4.79 Å². The number of anilines is 1. The highest BCUT2D eigenvalue weighted by molar-refractivity contribution is 5.90. The maximum Gasteiger partial charge on any atom is 0.293 e. The number of amides is 1. The fraction of sp³-hybridized carbons (Fsp3) is 0.370. The largest absolute Gasteiger partial charge is 0.392 e. The quantitative estimate of drug-likeness (QED) is 0.280. The molecule has 1 aliphatic rings. The third-order valence-corrected chi connectivity index (χ3v) is 6.10. The van der Waals surface area contributed by atoms with Gasteiger partial charge in [0, 0.05) is 31.1 Å². The Hall–Kier alpha value is -4.01. The molecule has 0 saturated carbocycles. The molecular weight excluding hydrogens is 454 g/mol. The van der Waals surface area contributed by atoms with Crippen LogP contribution >= 0.6 is 0 Å². The molecule has 0 aliphatic heterocycles. The summed E-state index contributed by atoms with van der Waals surface area (Å²) >= 11 is 0. The molecule has 1 amide bonds. The van der Waals surface area contributed by atoms with Crippen LogP contribution in [-0.2, 0) is 11.8 Å². The van der Waals surface area contributed by atoms with Crippen LogP contribution in [0.5, 0.6) is 0 Å². The summed E-state index contributed by atoms with van der Waals surface area (Å²) in [5.74, 6) is 0.847. The number of nitrogens with zero attached hydrogens (tertiary/aromatic N) is 3. The highest BCUT2D eigenvalue weighted by Crippen LogP contribution is 2.33. The topological polar surface area (TPSA) is 129 Å². The molecule has 1 aromatic carbocycles. The first-order chi connectivity index (χ1) is 17.3. The summed E-state index contributed by atoms with van der Waals surface area (Å²) in [6.07, 6.45) is 8.57. The number of nitrogens with one attached hydrogen (secondary N) is 4. The van der Waals surface area contributed by atoms with E-state index in [-0.39, 0.29) is 23.2 Å². The maximum atomic E-state index is 12.9. The number of hydrogen-bond acceptors (Lipinski definition) is 8. The van der Waals surface area contributed by atoms with Crippen molar-refractivity contribution >= 4 is 17.9 Å². The lowest BCUT2D eigenvalue weighted by molar-refractivity contribution is 0.0921. The first kappa shape index (κ1) is 25.1. The van der Waals surface area contributed by atoms with Gasteiger partial charge in [-0.2, -0.15) is 4.98 Å². The van der Waals surface area contributed by atoms with Crippen LogP contribution in [0.4, 0.5) is 5.82 Å². The number of rotatable bonds is 7. The Labute approximate surface area is 211 Å². The smallest absolute Gasteiger partial charge is 0.293 e. The molecule has 36 heavy (non-hydrogen) atoms. The van der Waals surface area contributed by atoms with Gasteiger partial charge in [0.05, 0.1) is 11.7 Å². The summed E-state index contributed by atoms with van der Waals surface area (Å²) in [7, 11) is 1.78. The van der Waals surface area contributed by atoms with E-state index < -0.39 is 0 Å². The molecule has 0 saturated heterocycles. The van der Waals surface area contributed by atoms with E-state index in [4.69, 9.17) is 9.93 Å². The standard InChI is InChI=1S/C27H33N7O2/c1-27(2,3)26-33-24(34-36-26)25(35)32-22-8-6-5-7-19-13-17(9-10-21(19)22)18-11-12-30-23(14-18)31-20(15-28)16-29-4/h9-16,22,28-29H,5-8H2,1-4H3,(H,30,31)(H,32,35)/b20-16+,28-15?/t22-/m1/s1. The van der Waals surface area contributed by atoms with Crippen LogP contribution in [0.2, 0.25) is 0 Å². The van der Waals surface area contributed by atoms with Gasteiger partial charge in [0.15, 0.2) is 0 Å². The number of allylic oxidation sites excluding steroid dienone is 1. The Morgan fingerprint density at radius 3 is 2.69 bits per heavy atom. The number of carbonyl (C=O) groups is 1. The second kappa shape index (κ2) is 10.7. The Morgan fingerprint density at radius 2 is 1.97 bits per heavy atom. The predicted molar refractivity (Wildman–Crippen MR) is 140 cm³/mol. The number of aromatic nitrogens is 3. The lowest BCUT2D eigenvalue weighted by Gasteiger charge is -2.19. The molecule has 0 radical (unpaired) electrons. The first-order valence-corrected chi connectivity index (χ1v) is 12.2. The average Bonchev–Trinajstić information content (AvgIpc) is 3.29. The monoisotopic (exact) mass is 487 g/mol. The van der Waals surface area contributed by atoms with E-state index in [1.165, 1.54) is 11.8 Å². The van der Waals surface area contributed by atoms with E-state index in [1.807, 2.05) is 32.9 Å². The molecule has 4 rings (SSSR count). The summed E-state index contributed by atoms with van der Waals surface area (Å²) in [5, 5.41) is 20.6. The number of benzene rings is 1. The summed E-state index contributed by atoms with van der Waals surface area (Å²) in [6, 6.07) is 10.2. The minimum atomic E-state index is -0.322. The fourth-order valence-corrected chi connectivity index (χ4v) is 4.25. The Kier molecular flexibility index (Phi) is 7.47. The van der Waals surface area contributed by atoms with Gasteiger partial charge in [0.1, 0.15) is 5.82 Å². The number of carbonyl (C=O) groups excluding carboxylic acids is 1. The van der Waals surface area contributed by atoms with Gasteiger partial charge in [-0.3, -0.25) is 4.79 Å². The van der Waals surface area contributed by atoms with Crippen molar-refractivity contribution in [2.24, 2.45) is 0 Å². The molecule has 1 atom stereocenters. The van der Waals surface area contributed by atoms with Gasteiger partial charge in [-0.05, 0) is 53.6 Å². The van der Waals surface area contributed by atoms with Crippen LogP contribution in [0.1, 0.15) is 73.7 Å². The third-order valence-electron chi connectivity index (χ3n) is 6.10. The van der Waals surface area contributed by atoms with Gasteiger partial charge in [-0.15, -0.1) is 0 Å². The van der Waals surface area contributed by atoms with Crippen molar-refractivity contribution in [1.29, 1.82) is 5.41 Å². The molecule has 1 aliphatic carbocycles. The van der Waals surface area contributed by atoms with Gasteiger partial charge in [-0.1, -0.05) is 50.5 Å². The molecule has 0 unspecified atom stereocenters. The molecule has 9 heteroatoms. The second-order valence-corrected chi connectivity index (χ2v) is 9.95. The van der Waals surface area contributed by atoms with Crippen molar-refractivity contribution in [3.8, 4) is 11.1 Å². The SMILES string of the molecule is CN/C=C(\C=N)Nc1cc(-c2ccc3c(c2)CCCC[C@H]3NC(=O)c2noc(C(C)(C)C)n2)ccn1. The summed E-state index contributed by atoms with van der Waals surface area (Å²) < 4.78 is 5.30. The minimum absolute atomic E-state index is 0.0655. The van der Waals surface area contributed by atoms with Crippen molar-refractivity contribution in [2.75, 3.05) is 12.4 Å². The van der Waals surface area contributed by atoms with Crippen LogP contribution in [-0.4, -0.2) is 34.3 Å². The Morgan fingerprint density at radius 1 is 1.17 bits per heavy atom. The highest BCUT2D eigenvalue weighted by Gasteiger charge is 2.27. The number of hydrogen-bond donors (Lipinski definition) is 4. The highest BCUT2D eigenvalue weighted by atomic mass is 16.5. The summed E-state index contributed by atoms with van der Waals surface area (Å²) in [4.78, 5) is 21.6. The van der Waals surface area contributed by atoms with Crippen molar-refractivity contribution in [1.82, 2.24) is 25.8 Å². The van der Waals surface area contributed by atoms with Crippen LogP contribution in [0.25, 0.3) is 11.1 Å². The van der Waals surface area contributed by atoms with Crippen molar-refractivity contribution in [3.05, 3.63) is 71.3 Å². The number of pyridine rings is 1. The maximum absolute atomic E-state index is 12.9. The molecule has 0 fully saturated rings. The predicted octanol–water partition coefficient (Wildman–Crippen LogP) is 4.75. The van der Waals surface area contributed by atoms with E-state index in [2.05, 4.69) is 49.3 Å². The fourth-order valence-electron chi connectivity index (χ4n) is 4.25. The summed E-state index contributed by atoms with van der Waals surface area (Å²) in [5.41, 5.74) is 4.74. The zero-order valence-corrected chi connectivity index (χ0v) is 21.2. The lowest BCUT2D eigenvalue weighted by Crippen LogP contribution is -2.29. The molecule has 9 nitrogen and oxygen atoms in total. The van der Waals surface area contributed by atoms with Gasteiger partial charge in [0.25, 0.3) is 11.7 Å². The van der Waals surface area contributed by atoms with Crippen molar-refractivity contribution in [3.63, 3.8) is 0 Å². The van der Waals surface area contributed by atoms with Gasteiger partial charge >= 0.3 is 0 Å². The third kappa shape index (κ3) is 5.79. The average molecular weight is 488 g/mol. The van der Waals surface area contributed by atoms with Crippen LogP contribution in [0.3, 0.4) is 0 Å². The normalized spacial score (nSPS) is 16.0. The van der Waals surface area contributed by atoms with Crippen molar-refractivity contribution in [2.45, 2.75) is 57.9 Å². The van der Waals surface area contributed by atoms with Crippen LogP contribution in [0.15, 0.2) is 52.9 Å². The Bertz CT molecular complexity index is 1270. The van der Waals surface area contributed by atoms with Gasteiger partial charge in [-0.25, -0.2) is 4.98 Å². The molecule has 2 aromatic heterocycles. The van der Waals surface area contributed by atoms with Crippen LogP contribution in [0, 0.1) is 5.41 Å². The lowest BCUT2D eigenvalue weighted by atomic mass is 9.94. The zero-order valence-electron chi connectivity index (χ0n) is 21.2. The molecule has 3 aromatic rings. The van der Waals surface area contributed by atoms with E-state index >= 15 is 0 Å². The van der Waals surface area contributed by atoms with E-state index in [0.29, 0.717) is 17.4 Å². The van der Waals surface area contributed by atoms with E-state index in [0.717, 1.165) is 42.4 Å². The minimum Gasteiger partial charge on any atom is -0.392 e. The van der Waals surface area contributed by atoms with Crippen molar-refractivity contribution < 1.29 is 9.32 Å². The first-order valence-electron chi connectivity index (χ1n) is 12.2. The Balaban J connectivity index is 1.56. The summed E-state index contributed by atoms with van der Waals surface area (Å²) in [6.45, 7) is 5.90. The zero-order chi connectivity index (χ0) is 25.7. The second-order valence-electron chi connectivity index (χ2n) is 9.95. The molecular formula is C27H33N7O2. The van der Waals surface area contributed by atoms with E-state index in [1.54, 1.807) is 19.4 Å². The van der Waals surface area contributed by atoms with Gasteiger partial charge < -0.3 is 25.9 Å². The number of aryl methyl sites for hydroxylation is 1. The molecule has 4 N–H and O–H groups in total. The van der Waals surface area contributed by atoms with Crippen LogP contribution < -0.4 is 16.0 Å². The number of fused-ring (bicyclic) bond motifs is 1.